The summed E-state index contributed by atoms with van der Waals surface area (Å²) in [6.07, 6.45) is 12.0. The van der Waals surface area contributed by atoms with Gasteiger partial charge in [0.15, 0.2) is 0 Å². The van der Waals surface area contributed by atoms with Crippen LogP contribution in [0, 0.1) is 34.5 Å². The average molecular weight is 881 g/mol. The van der Waals surface area contributed by atoms with E-state index in [0.717, 1.165) is 77.0 Å². The van der Waals surface area contributed by atoms with E-state index in [-0.39, 0.29) is 23.0 Å². The molecule has 0 saturated heterocycles. The van der Waals surface area contributed by atoms with E-state index >= 15 is 0 Å². The van der Waals surface area contributed by atoms with Gasteiger partial charge in [-0.2, -0.15) is 0 Å². The Morgan fingerprint density at radius 2 is 0.983 bits per heavy atom. The minimum Gasteiger partial charge on any atom is -0.410 e. The van der Waals surface area contributed by atoms with E-state index in [1.807, 2.05) is 24.3 Å². The molecule has 58 heavy (non-hydrogen) atoms. The molecule has 4 fully saturated rings. The molecule has 10 atom stereocenters. The summed E-state index contributed by atoms with van der Waals surface area (Å²) in [5, 5.41) is 21.1. The number of ether oxygens (including phenoxy) is 2. The number of benzene rings is 2. The average Bonchev–Trinajstić information content (AvgIpc) is 3.70. The largest absolute Gasteiger partial charge is 0.415 e. The summed E-state index contributed by atoms with van der Waals surface area (Å²) in [7, 11) is 0. The molecule has 12 heteroatoms. The third-order valence-electron chi connectivity index (χ3n) is 15.6. The van der Waals surface area contributed by atoms with Gasteiger partial charge >= 0.3 is 12.2 Å². The van der Waals surface area contributed by atoms with E-state index in [9.17, 15) is 19.8 Å². The summed E-state index contributed by atoms with van der Waals surface area (Å²) in [6, 6.07) is 12.3. The Morgan fingerprint density at radius 3 is 1.34 bits per heavy atom. The molecule has 0 spiro atoms. The molecule has 2 amide bonds. The van der Waals surface area contributed by atoms with Crippen molar-refractivity contribution >= 4 is 58.6 Å². The van der Waals surface area contributed by atoms with Crippen LogP contribution < -0.4 is 9.47 Å². The van der Waals surface area contributed by atoms with E-state index < -0.39 is 12.2 Å². The Balaban J connectivity index is 0.000000177. The smallest absolute Gasteiger partial charge is 0.410 e. The van der Waals surface area contributed by atoms with Crippen LogP contribution in [0.3, 0.4) is 0 Å². The first-order chi connectivity index (χ1) is 27.9. The fourth-order valence-corrected chi connectivity index (χ4v) is 13.3. The third kappa shape index (κ3) is 8.73. The molecule has 8 nitrogen and oxygen atoms in total. The van der Waals surface area contributed by atoms with Crippen LogP contribution in [-0.2, 0) is 12.8 Å². The Bertz CT molecular complexity index is 1630. The topological polar surface area (TPSA) is 99.5 Å². The van der Waals surface area contributed by atoms with Crippen LogP contribution in [0.1, 0.15) is 112 Å². The predicted octanol–water partition coefficient (Wildman–Crippen LogP) is 10.4. The summed E-state index contributed by atoms with van der Waals surface area (Å²) in [5.74, 6) is 6.32. The molecule has 2 aromatic rings. The molecule has 0 bridgehead atoms. The van der Waals surface area contributed by atoms with Gasteiger partial charge in [-0.05, 0) is 170 Å². The van der Waals surface area contributed by atoms with Gasteiger partial charge < -0.3 is 29.5 Å². The van der Waals surface area contributed by atoms with Gasteiger partial charge in [0.1, 0.15) is 11.5 Å². The second-order valence-corrected chi connectivity index (χ2v) is 19.8. The summed E-state index contributed by atoms with van der Waals surface area (Å²) in [6.45, 7) is 6.30. The van der Waals surface area contributed by atoms with E-state index in [1.54, 1.807) is 9.80 Å². The van der Waals surface area contributed by atoms with Gasteiger partial charge in [-0.3, -0.25) is 0 Å². The molecule has 0 radical (unpaired) electrons. The highest BCUT2D eigenvalue weighted by atomic mass is 35.5. The van der Waals surface area contributed by atoms with Crippen LogP contribution in [0.2, 0.25) is 0 Å². The molecular weight excluding hydrogens is 818 g/mol. The number of rotatable bonds is 10. The van der Waals surface area contributed by atoms with Crippen molar-refractivity contribution in [3.8, 4) is 11.5 Å². The lowest BCUT2D eigenvalue weighted by Crippen LogP contribution is -2.43. The molecule has 6 aliphatic carbocycles. The second-order valence-electron chi connectivity index (χ2n) is 18.3. The number of aliphatic hydroxyl groups excluding tert-OH is 2. The molecule has 0 aromatic heterocycles. The number of halogens is 4. The van der Waals surface area contributed by atoms with Gasteiger partial charge in [0, 0.05) is 49.7 Å². The summed E-state index contributed by atoms with van der Waals surface area (Å²) < 4.78 is 11.2. The second kappa shape index (κ2) is 19.0. The maximum atomic E-state index is 12.4. The van der Waals surface area contributed by atoms with Crippen LogP contribution >= 0.6 is 46.4 Å². The highest BCUT2D eigenvalue weighted by Gasteiger charge is 2.55. The number of aliphatic hydroxyl groups is 2. The molecule has 2 aromatic carbocycles. The standard InChI is InChI=1S/2C23H31Cl2NO3/c2*1-23-9-8-18-17-5-3-16(29-22(28)26(12-10-24)13-11-25)14-15(17)2-4-19(18)20(23)6-7-21(23)27/h2*3,5,14,18-21,27H,2,4,6-13H2,1H3/t2*18-,19-,20+,21+,23+/m11/s1. The van der Waals surface area contributed by atoms with Gasteiger partial charge in [-0.15, -0.1) is 46.4 Å². The first kappa shape index (κ1) is 44.1. The van der Waals surface area contributed by atoms with E-state index in [1.165, 1.54) is 22.3 Å². The first-order valence-corrected chi connectivity index (χ1v) is 23.9. The van der Waals surface area contributed by atoms with Crippen molar-refractivity contribution in [3.05, 3.63) is 58.7 Å². The Hall–Kier alpha value is -1.94. The highest BCUT2D eigenvalue weighted by molar-refractivity contribution is 6.19. The SMILES string of the molecule is C[C@]12CC[C@@H]3c4ccc(OC(=O)N(CCCl)CCCl)cc4CC[C@H]3[C@@H]1CC[C@@H]2O.C[C@]12CC[C@@H]3c4ccc(OC(=O)N(CCCl)CCCl)cc4CC[C@H]3[C@@H]1CC[C@@H]2O. The number of amides is 2. The monoisotopic (exact) mass is 878 g/mol. The van der Waals surface area contributed by atoms with Crippen LogP contribution in [0.15, 0.2) is 36.4 Å². The lowest BCUT2D eigenvalue weighted by Gasteiger charge is -2.50. The summed E-state index contributed by atoms with van der Waals surface area (Å²) >= 11 is 23.2. The molecule has 0 unspecified atom stereocenters. The number of carbonyl (C=O) groups excluding carboxylic acids is 2. The lowest BCUT2D eigenvalue weighted by molar-refractivity contribution is -0.0226. The molecule has 0 aliphatic heterocycles. The van der Waals surface area contributed by atoms with E-state index in [0.29, 0.717) is 96.7 Å². The molecule has 4 saturated carbocycles. The molecular formula is C46H62Cl4N2O6. The molecule has 8 rings (SSSR count). The predicted molar refractivity (Wildman–Crippen MR) is 232 cm³/mol. The Kier molecular flexibility index (Phi) is 14.4. The maximum Gasteiger partial charge on any atom is 0.415 e. The van der Waals surface area contributed by atoms with E-state index in [2.05, 4.69) is 26.0 Å². The van der Waals surface area contributed by atoms with Crippen molar-refractivity contribution in [1.29, 1.82) is 0 Å². The number of nitrogens with zero attached hydrogens (tertiary/aromatic N) is 2. The van der Waals surface area contributed by atoms with Crippen molar-refractivity contribution in [2.75, 3.05) is 49.7 Å². The highest BCUT2D eigenvalue weighted by Crippen LogP contribution is 2.62. The van der Waals surface area contributed by atoms with Gasteiger partial charge in [-0.25, -0.2) is 9.59 Å². The molecule has 2 N–H and O–H groups in total. The van der Waals surface area contributed by atoms with Gasteiger partial charge in [-0.1, -0.05) is 26.0 Å². The van der Waals surface area contributed by atoms with Crippen LogP contribution in [0.5, 0.6) is 11.5 Å². The number of alkyl halides is 4. The minimum absolute atomic E-state index is 0.0996. The zero-order chi connectivity index (χ0) is 41.2. The number of aryl methyl sites for hydroxylation is 2. The van der Waals surface area contributed by atoms with Crippen molar-refractivity contribution in [2.24, 2.45) is 34.5 Å². The number of fused-ring (bicyclic) bond motifs is 10. The van der Waals surface area contributed by atoms with Crippen LogP contribution in [-0.4, -0.2) is 94.1 Å². The summed E-state index contributed by atoms with van der Waals surface area (Å²) in [4.78, 5) is 28.0. The van der Waals surface area contributed by atoms with Crippen molar-refractivity contribution < 1.29 is 29.3 Å². The molecule has 0 heterocycles. The van der Waals surface area contributed by atoms with Crippen molar-refractivity contribution in [1.82, 2.24) is 9.80 Å². The van der Waals surface area contributed by atoms with Crippen molar-refractivity contribution in [2.45, 2.75) is 115 Å². The Labute approximate surface area is 365 Å². The van der Waals surface area contributed by atoms with Crippen molar-refractivity contribution in [3.63, 3.8) is 0 Å². The fourth-order valence-electron chi connectivity index (χ4n) is 12.5. The summed E-state index contributed by atoms with van der Waals surface area (Å²) in [5.41, 5.74) is 5.65. The number of hydrogen-bond acceptors (Lipinski definition) is 6. The zero-order valence-electron chi connectivity index (χ0n) is 34.2. The quantitative estimate of drug-likeness (QED) is 0.231. The normalized spacial score (nSPS) is 32.8. The van der Waals surface area contributed by atoms with Crippen LogP contribution in [0.25, 0.3) is 0 Å². The van der Waals surface area contributed by atoms with Crippen LogP contribution in [0.4, 0.5) is 9.59 Å². The number of carbonyl (C=O) groups is 2. The van der Waals surface area contributed by atoms with Gasteiger partial charge in [0.25, 0.3) is 0 Å². The maximum absolute atomic E-state index is 12.4. The Morgan fingerprint density at radius 1 is 0.603 bits per heavy atom. The fraction of sp³-hybridized carbons (Fsp3) is 0.696. The lowest BCUT2D eigenvalue weighted by atomic mass is 9.55. The minimum atomic E-state index is -0.395. The van der Waals surface area contributed by atoms with Gasteiger partial charge in [0.05, 0.1) is 12.2 Å². The van der Waals surface area contributed by atoms with E-state index in [4.69, 9.17) is 55.9 Å². The zero-order valence-corrected chi connectivity index (χ0v) is 37.2. The molecule has 6 aliphatic rings. The van der Waals surface area contributed by atoms with Gasteiger partial charge in [0.2, 0.25) is 0 Å². The number of hydrogen-bond donors (Lipinski definition) is 2. The third-order valence-corrected chi connectivity index (χ3v) is 16.3. The molecule has 320 valence electrons. The first-order valence-electron chi connectivity index (χ1n) is 21.7.